The molecule has 0 amide bonds. The van der Waals surface area contributed by atoms with Gasteiger partial charge < -0.3 is 0 Å². The zero-order valence-corrected chi connectivity index (χ0v) is 28.3. The van der Waals surface area contributed by atoms with Gasteiger partial charge in [0.2, 0.25) is 0 Å². The second kappa shape index (κ2) is 32.0. The molecule has 208 valence electrons. The van der Waals surface area contributed by atoms with Gasteiger partial charge in [-0.2, -0.15) is 22.2 Å². The summed E-state index contributed by atoms with van der Waals surface area (Å²) in [6, 6.07) is 2.64. The minimum absolute atomic E-state index is 0.178. The number of hydrogen-bond donors (Lipinski definition) is 0. The third kappa shape index (κ3) is 40.2. The summed E-state index contributed by atoms with van der Waals surface area (Å²) >= 11 is 12.1. The highest BCUT2D eigenvalue weighted by Gasteiger charge is 2.15. The van der Waals surface area contributed by atoms with Gasteiger partial charge in [-0.25, -0.2) is 0 Å². The zero-order valence-electron chi connectivity index (χ0n) is 24.3. The fraction of sp³-hybridized carbons (Fsp3) is 1.00. The van der Waals surface area contributed by atoms with Crippen molar-refractivity contribution in [1.29, 1.82) is 0 Å². The molecule has 0 aromatic carbocycles. The smallest absolute Gasteiger partial charge is 0.150 e. The molecular formula is C30H66Cl2Si2. The third-order valence-electron chi connectivity index (χ3n) is 6.86. The topological polar surface area (TPSA) is 0 Å². The molecular weight excluding hydrogens is 487 g/mol. The summed E-state index contributed by atoms with van der Waals surface area (Å²) in [7, 11) is -1.44. The van der Waals surface area contributed by atoms with Crippen molar-refractivity contribution >= 4 is 38.4 Å². The van der Waals surface area contributed by atoms with E-state index in [1.807, 2.05) is 0 Å². The van der Waals surface area contributed by atoms with Crippen molar-refractivity contribution in [2.45, 2.75) is 193 Å². The van der Waals surface area contributed by atoms with E-state index in [-0.39, 0.29) is 8.83 Å². The number of rotatable bonds is 26. The Kier molecular flexibility index (Phi) is 35.0. The number of unbranched alkanes of at least 4 members (excludes halogenated alkanes) is 22. The van der Waals surface area contributed by atoms with Crippen molar-refractivity contribution in [2.75, 3.05) is 0 Å². The van der Waals surface area contributed by atoms with Crippen LogP contribution in [0.4, 0.5) is 0 Å². The Hall–Kier alpha value is 1.01. The van der Waals surface area contributed by atoms with Crippen molar-refractivity contribution in [1.82, 2.24) is 0 Å². The third-order valence-corrected chi connectivity index (χ3v) is 10.5. The molecule has 0 aliphatic rings. The molecule has 0 unspecified atom stereocenters. The Morgan fingerprint density at radius 3 is 0.971 bits per heavy atom. The van der Waals surface area contributed by atoms with E-state index in [1.54, 1.807) is 0 Å². The summed E-state index contributed by atoms with van der Waals surface area (Å²) < 4.78 is 0. The molecule has 0 radical (unpaired) electrons. The van der Waals surface area contributed by atoms with E-state index in [0.717, 1.165) is 0 Å². The fourth-order valence-electron chi connectivity index (χ4n) is 4.50. The van der Waals surface area contributed by atoms with Gasteiger partial charge in [0.25, 0.3) is 0 Å². The molecule has 34 heavy (non-hydrogen) atoms. The predicted octanol–water partition coefficient (Wildman–Crippen LogP) is 12.6. The molecule has 0 rings (SSSR count). The molecule has 0 bridgehead atoms. The molecule has 0 fully saturated rings. The quantitative estimate of drug-likeness (QED) is 0.0567. The van der Waals surface area contributed by atoms with Gasteiger partial charge in [0.1, 0.15) is 16.2 Å². The van der Waals surface area contributed by atoms with Crippen LogP contribution in [-0.4, -0.2) is 16.2 Å². The first-order valence-electron chi connectivity index (χ1n) is 15.7. The van der Waals surface area contributed by atoms with Crippen LogP contribution in [0.2, 0.25) is 25.2 Å². The van der Waals surface area contributed by atoms with Gasteiger partial charge >= 0.3 is 0 Å². The summed E-state index contributed by atoms with van der Waals surface area (Å²) in [6.45, 7) is 9.06. The van der Waals surface area contributed by atoms with E-state index in [2.05, 4.69) is 26.9 Å². The maximum Gasteiger partial charge on any atom is 0.150 e. The molecule has 0 atom stereocenters. The van der Waals surface area contributed by atoms with Crippen LogP contribution in [0.25, 0.3) is 0 Å². The minimum Gasteiger partial charge on any atom is -0.176 e. The van der Waals surface area contributed by atoms with Crippen LogP contribution in [0.1, 0.15) is 168 Å². The molecule has 0 nitrogen and oxygen atoms in total. The van der Waals surface area contributed by atoms with Crippen LogP contribution in [0, 0.1) is 0 Å². The lowest BCUT2D eigenvalue weighted by Gasteiger charge is -2.11. The van der Waals surface area contributed by atoms with Gasteiger partial charge in [-0.15, -0.1) is 0 Å². The highest BCUT2D eigenvalue weighted by atomic mass is 35.6. The van der Waals surface area contributed by atoms with Crippen molar-refractivity contribution in [3.8, 4) is 0 Å². The number of halogens is 2. The first-order chi connectivity index (χ1) is 16.5. The van der Waals surface area contributed by atoms with Gasteiger partial charge in [-0.3, -0.25) is 0 Å². The van der Waals surface area contributed by atoms with Gasteiger partial charge in [0.05, 0.1) is 0 Å². The predicted molar refractivity (Wildman–Crippen MR) is 170 cm³/mol. The second-order valence-corrected chi connectivity index (χ2v) is 20.5. The van der Waals surface area contributed by atoms with Crippen molar-refractivity contribution in [3.05, 3.63) is 0 Å². The summed E-state index contributed by atoms with van der Waals surface area (Å²) in [5.41, 5.74) is 0. The van der Waals surface area contributed by atoms with E-state index in [4.69, 9.17) is 22.2 Å². The molecule has 0 aliphatic carbocycles. The Labute approximate surface area is 230 Å². The lowest BCUT2D eigenvalue weighted by atomic mass is 10.0. The Morgan fingerprint density at radius 1 is 0.441 bits per heavy atom. The standard InChI is InChI=1S/C18H39ClSi.C12H27ClSi/c1-2-3-4-5-6-7-8-9-10-11-12-13-14-15-16-17-18-20-19;1-4-5-6-7-8-9-10-11-12-14(2,3)13/h2-18,20H2,1H3;4-12H2,1-3H3. The van der Waals surface area contributed by atoms with E-state index < -0.39 is 7.38 Å². The largest absolute Gasteiger partial charge is 0.176 e. The van der Waals surface area contributed by atoms with Crippen LogP contribution in [0.15, 0.2) is 0 Å². The second-order valence-electron chi connectivity index (χ2n) is 11.3. The van der Waals surface area contributed by atoms with Crippen molar-refractivity contribution in [2.24, 2.45) is 0 Å². The van der Waals surface area contributed by atoms with Crippen LogP contribution in [-0.2, 0) is 0 Å². The van der Waals surface area contributed by atoms with Crippen LogP contribution < -0.4 is 0 Å². The van der Waals surface area contributed by atoms with Crippen molar-refractivity contribution < 1.29 is 0 Å². The minimum atomic E-state index is -1.27. The summed E-state index contributed by atoms with van der Waals surface area (Å²) in [5, 5.41) is 0. The van der Waals surface area contributed by atoms with Crippen LogP contribution >= 0.6 is 22.2 Å². The van der Waals surface area contributed by atoms with Crippen molar-refractivity contribution in [3.63, 3.8) is 0 Å². The molecule has 0 aromatic rings. The van der Waals surface area contributed by atoms with Gasteiger partial charge in [0.15, 0.2) is 0 Å². The van der Waals surface area contributed by atoms with E-state index in [1.165, 1.54) is 166 Å². The Morgan fingerprint density at radius 2 is 0.706 bits per heavy atom. The number of hydrogen-bond acceptors (Lipinski definition) is 0. The molecule has 0 aromatic heterocycles. The van der Waals surface area contributed by atoms with Crippen LogP contribution in [0.5, 0.6) is 0 Å². The van der Waals surface area contributed by atoms with Gasteiger partial charge in [-0.05, 0) is 12.1 Å². The molecule has 0 aliphatic heterocycles. The molecule has 0 spiro atoms. The van der Waals surface area contributed by atoms with E-state index >= 15 is 0 Å². The average Bonchev–Trinajstić information content (AvgIpc) is 2.80. The monoisotopic (exact) mass is 552 g/mol. The average molecular weight is 554 g/mol. The first kappa shape index (κ1) is 37.2. The summed E-state index contributed by atoms with van der Waals surface area (Å²) in [4.78, 5) is 0. The van der Waals surface area contributed by atoms with Gasteiger partial charge in [0, 0.05) is 0 Å². The normalized spacial score (nSPS) is 11.8. The summed E-state index contributed by atoms with van der Waals surface area (Å²) in [6.07, 6.45) is 34.5. The molecule has 4 heteroatoms. The maximum atomic E-state index is 6.25. The lowest BCUT2D eigenvalue weighted by Crippen LogP contribution is -2.14. The van der Waals surface area contributed by atoms with E-state index in [0.29, 0.717) is 0 Å². The highest BCUT2D eigenvalue weighted by molar-refractivity contribution is 7.19. The molecule has 0 N–H and O–H groups in total. The first-order valence-corrected chi connectivity index (χ1v) is 23.1. The van der Waals surface area contributed by atoms with Crippen LogP contribution in [0.3, 0.4) is 0 Å². The SMILES string of the molecule is CCCCCCCCCCCCCCCCCC[SiH2]Cl.CCCCCCCCCC[Si](C)(C)Cl. The molecule has 0 saturated heterocycles. The molecule has 0 saturated carbocycles. The highest BCUT2D eigenvalue weighted by Crippen LogP contribution is 2.19. The fourth-order valence-corrected chi connectivity index (χ4v) is 7.10. The summed E-state index contributed by atoms with van der Waals surface area (Å²) in [5.74, 6) is 0. The molecule has 0 heterocycles. The maximum absolute atomic E-state index is 6.25. The van der Waals surface area contributed by atoms with E-state index in [9.17, 15) is 0 Å². The van der Waals surface area contributed by atoms with Gasteiger partial charge in [-0.1, -0.05) is 181 Å². The Balaban J connectivity index is 0. The Bertz CT molecular complexity index is 327. The zero-order chi connectivity index (χ0) is 25.6. The lowest BCUT2D eigenvalue weighted by molar-refractivity contribution is 0.531.